The van der Waals surface area contributed by atoms with E-state index in [1.807, 2.05) is 5.43 Å². The second kappa shape index (κ2) is 8.41. The van der Waals surface area contributed by atoms with E-state index in [2.05, 4.69) is 5.10 Å². The fraction of sp³-hybridized carbons (Fsp3) is 0.385. The van der Waals surface area contributed by atoms with Crippen LogP contribution in [0.1, 0.15) is 5.56 Å². The van der Waals surface area contributed by atoms with Gasteiger partial charge in [0.25, 0.3) is 5.91 Å². The van der Waals surface area contributed by atoms with Crippen molar-refractivity contribution in [2.75, 3.05) is 6.61 Å². The molecule has 0 saturated heterocycles. The number of phenols is 1. The van der Waals surface area contributed by atoms with Gasteiger partial charge in [-0.15, -0.1) is 0 Å². The van der Waals surface area contributed by atoms with Gasteiger partial charge in [0.15, 0.2) is 6.10 Å². The molecule has 9 heteroatoms. The van der Waals surface area contributed by atoms with Gasteiger partial charge in [-0.3, -0.25) is 4.79 Å². The summed E-state index contributed by atoms with van der Waals surface area (Å²) in [5, 5.41) is 59.1. The lowest BCUT2D eigenvalue weighted by Crippen LogP contribution is -2.50. The van der Waals surface area contributed by atoms with E-state index in [9.17, 15) is 25.2 Å². The van der Waals surface area contributed by atoms with Gasteiger partial charge in [0.2, 0.25) is 0 Å². The summed E-state index contributed by atoms with van der Waals surface area (Å²) in [6.45, 7) is -0.849. The Labute approximate surface area is 125 Å². The number of hydrazone groups is 1. The molecule has 1 amide bonds. The lowest BCUT2D eigenvalue weighted by atomic mass is 10.0. The molecule has 0 bridgehead atoms. The molecular weight excluding hydrogens is 296 g/mol. The van der Waals surface area contributed by atoms with Crippen molar-refractivity contribution in [1.82, 2.24) is 5.43 Å². The summed E-state index contributed by atoms with van der Waals surface area (Å²) < 4.78 is 0. The first kappa shape index (κ1) is 18.0. The van der Waals surface area contributed by atoms with Gasteiger partial charge in [-0.05, 0) is 12.1 Å². The first-order valence-corrected chi connectivity index (χ1v) is 6.32. The Kier molecular flexibility index (Phi) is 6.89. The number of nitrogens with one attached hydrogen (secondary N) is 1. The molecule has 7 N–H and O–H groups in total. The monoisotopic (exact) mass is 314 g/mol. The van der Waals surface area contributed by atoms with Crippen molar-refractivity contribution in [3.05, 3.63) is 29.8 Å². The van der Waals surface area contributed by atoms with Crippen LogP contribution in [0, 0.1) is 0 Å². The van der Waals surface area contributed by atoms with Gasteiger partial charge in [-0.2, -0.15) is 5.10 Å². The van der Waals surface area contributed by atoms with E-state index in [1.165, 1.54) is 12.1 Å². The maximum absolute atomic E-state index is 11.5. The third kappa shape index (κ3) is 4.76. The smallest absolute Gasteiger partial charge is 0.271 e. The van der Waals surface area contributed by atoms with Crippen LogP contribution in [-0.2, 0) is 4.79 Å². The Morgan fingerprint density at radius 1 is 1.18 bits per heavy atom. The van der Waals surface area contributed by atoms with E-state index in [0.717, 1.165) is 6.21 Å². The number of para-hydroxylation sites is 1. The van der Waals surface area contributed by atoms with Crippen LogP contribution in [0.2, 0.25) is 0 Å². The van der Waals surface area contributed by atoms with Gasteiger partial charge in [-0.25, -0.2) is 5.43 Å². The summed E-state index contributed by atoms with van der Waals surface area (Å²) in [6.07, 6.45) is -6.58. The Balaban J connectivity index is 2.59. The number of aliphatic hydroxyl groups is 5. The van der Waals surface area contributed by atoms with Crippen molar-refractivity contribution in [2.24, 2.45) is 5.10 Å². The largest absolute Gasteiger partial charge is 0.507 e. The SMILES string of the molecule is O=C(N/N=C\c1ccccc1O)[C@@H](O)[C@@H](O)[C@@H](O)[C@@H](O)CO. The lowest BCUT2D eigenvalue weighted by Gasteiger charge is -2.24. The first-order chi connectivity index (χ1) is 10.4. The zero-order chi connectivity index (χ0) is 16.7. The standard InChI is InChI=1S/C13H18N2O7/c16-6-9(18)10(19)11(20)12(21)13(22)15-14-5-7-3-1-2-4-8(7)17/h1-5,9-12,16-21H,6H2,(H,15,22)/b14-5-/t9-,10-,11-,12-/m0/s1. The fourth-order valence-corrected chi connectivity index (χ4v) is 1.51. The number of hydrogen-bond acceptors (Lipinski definition) is 8. The van der Waals surface area contributed by atoms with Crippen molar-refractivity contribution < 1.29 is 35.4 Å². The number of carbonyl (C=O) groups is 1. The van der Waals surface area contributed by atoms with Crippen LogP contribution in [-0.4, -0.2) is 73.8 Å². The number of benzene rings is 1. The highest BCUT2D eigenvalue weighted by atomic mass is 16.4. The van der Waals surface area contributed by atoms with Crippen molar-refractivity contribution >= 4 is 12.1 Å². The zero-order valence-corrected chi connectivity index (χ0v) is 11.4. The summed E-state index contributed by atoms with van der Waals surface area (Å²) >= 11 is 0. The van der Waals surface area contributed by atoms with Gasteiger partial charge < -0.3 is 30.6 Å². The average Bonchev–Trinajstić information content (AvgIpc) is 2.53. The van der Waals surface area contributed by atoms with Gasteiger partial charge in [0.1, 0.15) is 24.1 Å². The van der Waals surface area contributed by atoms with Crippen LogP contribution >= 0.6 is 0 Å². The van der Waals surface area contributed by atoms with Crippen LogP contribution in [0.25, 0.3) is 0 Å². The molecule has 0 aliphatic heterocycles. The molecule has 0 spiro atoms. The number of phenolic OH excluding ortho intramolecular Hbond substituents is 1. The topological polar surface area (TPSA) is 163 Å². The summed E-state index contributed by atoms with van der Waals surface area (Å²) in [5.41, 5.74) is 2.22. The van der Waals surface area contributed by atoms with Crippen molar-refractivity contribution in [3.63, 3.8) is 0 Å². The molecule has 0 unspecified atom stereocenters. The molecule has 122 valence electrons. The third-order valence-corrected chi connectivity index (χ3v) is 2.84. The minimum absolute atomic E-state index is 0.0671. The Hall–Kier alpha value is -2.04. The average molecular weight is 314 g/mol. The van der Waals surface area contributed by atoms with Gasteiger partial charge in [0.05, 0.1) is 12.8 Å². The first-order valence-electron chi connectivity index (χ1n) is 6.32. The molecular formula is C13H18N2O7. The summed E-state index contributed by atoms with van der Waals surface area (Å²) in [5.74, 6) is -1.20. The molecule has 0 heterocycles. The van der Waals surface area contributed by atoms with E-state index in [0.29, 0.717) is 5.56 Å². The number of aromatic hydroxyl groups is 1. The second-order valence-electron chi connectivity index (χ2n) is 4.47. The number of nitrogens with zero attached hydrogens (tertiary/aromatic N) is 1. The van der Waals surface area contributed by atoms with E-state index >= 15 is 0 Å². The molecule has 1 rings (SSSR count). The van der Waals surface area contributed by atoms with Crippen LogP contribution < -0.4 is 5.43 Å². The molecule has 0 radical (unpaired) electrons. The molecule has 0 aliphatic rings. The third-order valence-electron chi connectivity index (χ3n) is 2.84. The maximum Gasteiger partial charge on any atom is 0.271 e. The number of hydrogen-bond donors (Lipinski definition) is 7. The quantitative estimate of drug-likeness (QED) is 0.212. The van der Waals surface area contributed by atoms with Crippen LogP contribution in [0.4, 0.5) is 0 Å². The predicted octanol–water partition coefficient (Wildman–Crippen LogP) is -2.72. The van der Waals surface area contributed by atoms with E-state index in [4.69, 9.17) is 10.2 Å². The Morgan fingerprint density at radius 2 is 1.82 bits per heavy atom. The van der Waals surface area contributed by atoms with Crippen LogP contribution in [0.5, 0.6) is 5.75 Å². The van der Waals surface area contributed by atoms with Gasteiger partial charge in [0, 0.05) is 5.56 Å². The molecule has 1 aromatic rings. The summed E-state index contributed by atoms with van der Waals surface area (Å²) in [6, 6.07) is 6.17. The Morgan fingerprint density at radius 3 is 2.41 bits per heavy atom. The molecule has 4 atom stereocenters. The van der Waals surface area contributed by atoms with Crippen LogP contribution in [0.3, 0.4) is 0 Å². The number of rotatable bonds is 7. The van der Waals surface area contributed by atoms with Gasteiger partial charge >= 0.3 is 0 Å². The molecule has 1 aromatic carbocycles. The highest BCUT2D eigenvalue weighted by molar-refractivity contribution is 5.86. The summed E-state index contributed by atoms with van der Waals surface area (Å²) in [4.78, 5) is 11.5. The van der Waals surface area contributed by atoms with Gasteiger partial charge in [-0.1, -0.05) is 12.1 Å². The predicted molar refractivity (Wildman–Crippen MR) is 75.0 cm³/mol. The zero-order valence-electron chi connectivity index (χ0n) is 11.4. The van der Waals surface area contributed by atoms with E-state index in [-0.39, 0.29) is 5.75 Å². The molecule has 22 heavy (non-hydrogen) atoms. The molecule has 0 fully saturated rings. The fourth-order valence-electron chi connectivity index (χ4n) is 1.51. The molecule has 0 aliphatic carbocycles. The number of amides is 1. The minimum Gasteiger partial charge on any atom is -0.507 e. The second-order valence-corrected chi connectivity index (χ2v) is 4.47. The summed E-state index contributed by atoms with van der Waals surface area (Å²) in [7, 11) is 0. The number of carbonyl (C=O) groups excluding carboxylic acids is 1. The molecule has 0 aromatic heterocycles. The minimum atomic E-state index is -2.07. The van der Waals surface area contributed by atoms with Crippen molar-refractivity contribution in [1.29, 1.82) is 0 Å². The van der Waals surface area contributed by atoms with E-state index < -0.39 is 36.9 Å². The normalized spacial score (nSPS) is 17.0. The van der Waals surface area contributed by atoms with Crippen LogP contribution in [0.15, 0.2) is 29.4 Å². The lowest BCUT2D eigenvalue weighted by molar-refractivity contribution is -0.148. The van der Waals surface area contributed by atoms with Crippen molar-refractivity contribution in [3.8, 4) is 5.75 Å². The Bertz CT molecular complexity index is 523. The highest BCUT2D eigenvalue weighted by Gasteiger charge is 2.34. The number of aliphatic hydroxyl groups excluding tert-OH is 5. The maximum atomic E-state index is 11.5. The molecule has 9 nitrogen and oxygen atoms in total. The van der Waals surface area contributed by atoms with E-state index in [1.54, 1.807) is 12.1 Å². The van der Waals surface area contributed by atoms with Crippen molar-refractivity contribution in [2.45, 2.75) is 24.4 Å². The highest BCUT2D eigenvalue weighted by Crippen LogP contribution is 2.12. The molecule has 0 saturated carbocycles.